The topological polar surface area (TPSA) is 118 Å². The number of carboxylic acids is 1. The molecule has 8 heteroatoms. The van der Waals surface area contributed by atoms with Crippen molar-refractivity contribution in [1.29, 1.82) is 0 Å². The van der Waals surface area contributed by atoms with Gasteiger partial charge in [-0.25, -0.2) is 4.79 Å². The Balaban J connectivity index is 1.55. The zero-order chi connectivity index (χ0) is 30.8. The van der Waals surface area contributed by atoms with Crippen molar-refractivity contribution in [2.75, 3.05) is 19.8 Å². The molecule has 0 bridgehead atoms. The second kappa shape index (κ2) is 24.2. The summed E-state index contributed by atoms with van der Waals surface area (Å²) in [6, 6.07) is 14.5. The molecule has 2 aromatic carbocycles. The van der Waals surface area contributed by atoms with Crippen LogP contribution in [-0.2, 0) is 9.53 Å². The van der Waals surface area contributed by atoms with Gasteiger partial charge in [0, 0.05) is 13.0 Å². The number of carbonyl (C=O) groups excluding carboxylic acids is 1. The molecule has 0 spiro atoms. The van der Waals surface area contributed by atoms with Crippen LogP contribution in [0.4, 0.5) is 11.4 Å². The third-order valence-electron chi connectivity index (χ3n) is 7.32. The zero-order valence-electron chi connectivity index (χ0n) is 25.9. The van der Waals surface area contributed by atoms with E-state index >= 15 is 0 Å². The summed E-state index contributed by atoms with van der Waals surface area (Å²) in [5.74, 6) is -0.288. The second-order valence-corrected chi connectivity index (χ2v) is 11.1. The number of benzene rings is 2. The highest BCUT2D eigenvalue weighted by atomic mass is 16.5. The number of azo groups is 1. The highest BCUT2D eigenvalue weighted by Gasteiger charge is 2.12. The number of ether oxygens (including phenoxy) is 2. The number of carbonyl (C=O) groups is 2. The number of unbranched alkanes of at least 4 members (excludes halogenated alkanes) is 15. The number of hydrogen-bond donors (Lipinski definition) is 2. The summed E-state index contributed by atoms with van der Waals surface area (Å²) in [5, 5.41) is 26.1. The Morgan fingerprint density at radius 2 is 1.14 bits per heavy atom. The number of carboxylic acid groups (broad SMARTS) is 1. The van der Waals surface area contributed by atoms with Gasteiger partial charge < -0.3 is 19.7 Å². The van der Waals surface area contributed by atoms with E-state index < -0.39 is 5.97 Å². The molecule has 0 aliphatic carbocycles. The van der Waals surface area contributed by atoms with Crippen molar-refractivity contribution in [1.82, 2.24) is 0 Å². The molecule has 0 atom stereocenters. The van der Waals surface area contributed by atoms with Gasteiger partial charge in [-0.2, -0.15) is 5.11 Å². The summed E-state index contributed by atoms with van der Waals surface area (Å²) in [6.07, 6.45) is 18.9. The van der Waals surface area contributed by atoms with E-state index in [9.17, 15) is 9.59 Å². The molecule has 0 aromatic heterocycles. The van der Waals surface area contributed by atoms with Crippen molar-refractivity contribution < 1.29 is 29.3 Å². The summed E-state index contributed by atoms with van der Waals surface area (Å²) in [5.41, 5.74) is 1.56. The van der Waals surface area contributed by atoms with E-state index in [1.807, 2.05) is 30.3 Å². The summed E-state index contributed by atoms with van der Waals surface area (Å²) in [4.78, 5) is 23.2. The van der Waals surface area contributed by atoms with E-state index in [-0.39, 0.29) is 12.6 Å². The van der Waals surface area contributed by atoms with Crippen LogP contribution in [0, 0.1) is 0 Å². The first-order chi connectivity index (χ1) is 21.1. The first kappa shape index (κ1) is 35.9. The van der Waals surface area contributed by atoms with Gasteiger partial charge in [0.25, 0.3) is 0 Å². The molecule has 0 aliphatic heterocycles. The van der Waals surface area contributed by atoms with Crippen LogP contribution in [-0.4, -0.2) is 42.0 Å². The van der Waals surface area contributed by atoms with Crippen LogP contribution in [0.15, 0.2) is 58.8 Å². The van der Waals surface area contributed by atoms with Crippen LogP contribution in [0.5, 0.6) is 5.75 Å². The second-order valence-electron chi connectivity index (χ2n) is 11.1. The molecule has 0 unspecified atom stereocenters. The van der Waals surface area contributed by atoms with E-state index in [0.29, 0.717) is 36.6 Å². The lowest BCUT2D eigenvalue weighted by Gasteiger charge is -2.07. The summed E-state index contributed by atoms with van der Waals surface area (Å²) < 4.78 is 11.3. The lowest BCUT2D eigenvalue weighted by atomic mass is 10.0. The van der Waals surface area contributed by atoms with Crippen LogP contribution in [0.1, 0.15) is 126 Å². The molecule has 8 nitrogen and oxygen atoms in total. The fraction of sp³-hybridized carbons (Fsp3) is 0.600. The van der Waals surface area contributed by atoms with Crippen molar-refractivity contribution in [3.63, 3.8) is 0 Å². The molecule has 43 heavy (non-hydrogen) atoms. The Kier molecular flexibility index (Phi) is 20.2. The average Bonchev–Trinajstić information content (AvgIpc) is 3.02. The van der Waals surface area contributed by atoms with Gasteiger partial charge in [0.15, 0.2) is 0 Å². The first-order valence-electron chi connectivity index (χ1n) is 16.3. The Morgan fingerprint density at radius 3 is 1.74 bits per heavy atom. The molecule has 2 rings (SSSR count). The number of aliphatic carboxylic acids is 1. The third-order valence-corrected chi connectivity index (χ3v) is 7.32. The van der Waals surface area contributed by atoms with E-state index in [4.69, 9.17) is 19.7 Å². The van der Waals surface area contributed by atoms with Crippen LogP contribution < -0.4 is 4.74 Å². The molecule has 0 saturated carbocycles. The Hall–Kier alpha value is -3.26. The monoisotopic (exact) mass is 596 g/mol. The number of esters is 1. The minimum atomic E-state index is -0.690. The van der Waals surface area contributed by atoms with Crippen molar-refractivity contribution in [3.8, 4) is 5.75 Å². The van der Waals surface area contributed by atoms with E-state index in [1.165, 1.54) is 44.9 Å². The maximum atomic E-state index is 12.7. The Morgan fingerprint density at radius 1 is 0.605 bits per heavy atom. The predicted octanol–water partition coefficient (Wildman–Crippen LogP) is 9.74. The van der Waals surface area contributed by atoms with E-state index in [0.717, 1.165) is 70.0 Å². The molecule has 2 aromatic rings. The number of rotatable bonds is 26. The van der Waals surface area contributed by atoms with Crippen molar-refractivity contribution in [2.45, 2.75) is 116 Å². The third kappa shape index (κ3) is 18.1. The summed E-state index contributed by atoms with van der Waals surface area (Å²) in [7, 11) is 0. The van der Waals surface area contributed by atoms with Gasteiger partial charge >= 0.3 is 11.9 Å². The first-order valence-corrected chi connectivity index (χ1v) is 16.3. The minimum absolute atomic E-state index is 0.244. The summed E-state index contributed by atoms with van der Waals surface area (Å²) >= 11 is 0. The van der Waals surface area contributed by atoms with Gasteiger partial charge in [0.05, 0.1) is 24.5 Å². The number of aliphatic hydroxyl groups excluding tert-OH is 1. The predicted molar refractivity (Wildman–Crippen MR) is 171 cm³/mol. The molecule has 0 radical (unpaired) electrons. The van der Waals surface area contributed by atoms with Crippen molar-refractivity contribution >= 4 is 23.3 Å². The van der Waals surface area contributed by atoms with Gasteiger partial charge in [-0.3, -0.25) is 4.79 Å². The van der Waals surface area contributed by atoms with E-state index in [1.54, 1.807) is 18.2 Å². The molecule has 0 heterocycles. The molecular weight excluding hydrogens is 544 g/mol. The lowest BCUT2D eigenvalue weighted by Crippen LogP contribution is -2.06. The zero-order valence-corrected chi connectivity index (χ0v) is 25.9. The fourth-order valence-electron chi connectivity index (χ4n) is 4.78. The number of aliphatic hydroxyl groups is 1. The van der Waals surface area contributed by atoms with Gasteiger partial charge in [-0.1, -0.05) is 89.2 Å². The Bertz CT molecular complexity index is 1040. The van der Waals surface area contributed by atoms with Crippen LogP contribution >= 0.6 is 0 Å². The lowest BCUT2D eigenvalue weighted by molar-refractivity contribution is -0.137. The molecular formula is C35H52N2O6. The molecule has 2 N–H and O–H groups in total. The normalized spacial score (nSPS) is 11.2. The van der Waals surface area contributed by atoms with Gasteiger partial charge in [0.2, 0.25) is 0 Å². The summed E-state index contributed by atoms with van der Waals surface area (Å²) in [6.45, 7) is 1.29. The van der Waals surface area contributed by atoms with Crippen molar-refractivity contribution in [2.24, 2.45) is 10.2 Å². The quantitative estimate of drug-likeness (QED) is 0.0634. The Labute approximate surface area is 257 Å². The smallest absolute Gasteiger partial charge is 0.340 e. The van der Waals surface area contributed by atoms with Crippen LogP contribution in [0.3, 0.4) is 0 Å². The molecule has 0 aliphatic rings. The van der Waals surface area contributed by atoms with Gasteiger partial charge in [-0.05, 0) is 68.5 Å². The number of nitrogens with zero attached hydrogens (tertiary/aromatic N) is 2. The van der Waals surface area contributed by atoms with Crippen molar-refractivity contribution in [3.05, 3.63) is 54.1 Å². The largest absolute Gasteiger partial charge is 0.494 e. The fourth-order valence-corrected chi connectivity index (χ4v) is 4.78. The van der Waals surface area contributed by atoms with Crippen LogP contribution in [0.25, 0.3) is 0 Å². The highest BCUT2D eigenvalue weighted by molar-refractivity contribution is 5.94. The average molecular weight is 597 g/mol. The van der Waals surface area contributed by atoms with Gasteiger partial charge in [-0.15, -0.1) is 5.11 Å². The molecule has 0 fully saturated rings. The molecule has 0 amide bonds. The number of hydrogen-bond acceptors (Lipinski definition) is 7. The SMILES string of the molecule is O=C(O)CCCCCCCCCCCCCCCOC(=O)c1ccccc1N=Nc1ccc(OCCCCCCO)cc1. The molecule has 0 saturated heterocycles. The standard InChI is InChI=1S/C35H52N2O6/c38-27-17-11-13-18-28-42-31-25-23-30(24-26-31)36-37-33-21-16-15-20-32(33)35(41)43-29-19-12-9-7-5-3-1-2-4-6-8-10-14-22-34(39)40/h15-16,20-21,23-26,38H,1-14,17-19,22,27-29H2,(H,39,40). The maximum Gasteiger partial charge on any atom is 0.340 e. The van der Waals surface area contributed by atoms with E-state index in [2.05, 4.69) is 10.2 Å². The minimum Gasteiger partial charge on any atom is -0.494 e. The molecule has 238 valence electrons. The van der Waals surface area contributed by atoms with Gasteiger partial charge in [0.1, 0.15) is 11.4 Å². The highest BCUT2D eigenvalue weighted by Crippen LogP contribution is 2.25. The maximum absolute atomic E-state index is 12.7. The van der Waals surface area contributed by atoms with Crippen LogP contribution in [0.2, 0.25) is 0 Å².